The van der Waals surface area contributed by atoms with Crippen molar-refractivity contribution in [1.82, 2.24) is 0 Å². The first-order valence-electron chi connectivity index (χ1n) is 8.47. The number of allylic oxidation sites excluding steroid dienone is 1. The van der Waals surface area contributed by atoms with Gasteiger partial charge >= 0.3 is 12.1 Å². The highest BCUT2D eigenvalue weighted by Gasteiger charge is 2.62. The Hall–Kier alpha value is -1.82. The Labute approximate surface area is 157 Å². The van der Waals surface area contributed by atoms with Gasteiger partial charge in [0.1, 0.15) is 16.5 Å². The van der Waals surface area contributed by atoms with E-state index in [0.717, 1.165) is 0 Å². The third-order valence-corrected chi connectivity index (χ3v) is 4.78. The molecule has 0 spiro atoms. The summed E-state index contributed by atoms with van der Waals surface area (Å²) in [5.41, 5.74) is -0.485. The van der Waals surface area contributed by atoms with Crippen LogP contribution in [0.15, 0.2) is 35.4 Å². The summed E-state index contributed by atoms with van der Waals surface area (Å²) in [7, 11) is 0. The molecular weight excluding hydrogens is 366 g/mol. The zero-order valence-electron chi connectivity index (χ0n) is 15.2. The van der Waals surface area contributed by atoms with Gasteiger partial charge in [0.2, 0.25) is 0 Å². The van der Waals surface area contributed by atoms with Crippen LogP contribution in [0.5, 0.6) is 11.5 Å². The number of ether oxygens (including phenoxy) is 3. The predicted molar refractivity (Wildman–Crippen MR) is 94.5 cm³/mol. The van der Waals surface area contributed by atoms with E-state index in [0.29, 0.717) is 12.4 Å². The van der Waals surface area contributed by atoms with E-state index in [1.807, 2.05) is 20.8 Å². The van der Waals surface area contributed by atoms with Gasteiger partial charge in [-0.15, -0.1) is 0 Å². The second-order valence-electron chi connectivity index (χ2n) is 6.61. The van der Waals surface area contributed by atoms with E-state index < -0.39 is 34.4 Å². The molecule has 0 heterocycles. The zero-order valence-corrected chi connectivity index (χ0v) is 16.0. The molecular formula is C19H23ClF2O4. The number of rotatable bonds is 8. The largest absolute Gasteiger partial charge is 0.494 e. The molecule has 1 aromatic carbocycles. The maximum atomic E-state index is 14.3. The van der Waals surface area contributed by atoms with Gasteiger partial charge in [0.25, 0.3) is 0 Å². The van der Waals surface area contributed by atoms with Gasteiger partial charge in [-0.25, -0.2) is 0 Å². The highest BCUT2D eigenvalue weighted by molar-refractivity contribution is 6.30. The molecule has 1 saturated carbocycles. The van der Waals surface area contributed by atoms with Crippen LogP contribution in [0.4, 0.5) is 8.78 Å². The minimum atomic E-state index is -3.70. The molecule has 7 heteroatoms. The average Bonchev–Trinajstić information content (AvgIpc) is 3.10. The number of hydrogen-bond donors (Lipinski definition) is 0. The second kappa shape index (κ2) is 7.82. The van der Waals surface area contributed by atoms with E-state index in [2.05, 4.69) is 0 Å². The molecule has 0 saturated heterocycles. The number of hydrogen-bond acceptors (Lipinski definition) is 4. The average molecular weight is 389 g/mol. The highest BCUT2D eigenvalue weighted by atomic mass is 35.5. The molecule has 26 heavy (non-hydrogen) atoms. The smallest absolute Gasteiger partial charge is 0.437 e. The van der Waals surface area contributed by atoms with E-state index in [9.17, 15) is 13.6 Å². The molecule has 0 radical (unpaired) electrons. The van der Waals surface area contributed by atoms with Gasteiger partial charge in [-0.1, -0.05) is 31.5 Å². The molecule has 2 rings (SSSR count). The van der Waals surface area contributed by atoms with E-state index in [-0.39, 0.29) is 12.4 Å². The van der Waals surface area contributed by atoms with Gasteiger partial charge in [0.15, 0.2) is 0 Å². The Morgan fingerprint density at radius 3 is 2.31 bits per heavy atom. The van der Waals surface area contributed by atoms with Crippen molar-refractivity contribution in [2.45, 2.75) is 33.8 Å². The summed E-state index contributed by atoms with van der Waals surface area (Å²) < 4.78 is 43.6. The highest BCUT2D eigenvalue weighted by Crippen LogP contribution is 2.60. The van der Waals surface area contributed by atoms with Crippen molar-refractivity contribution in [3.63, 3.8) is 0 Å². The second-order valence-corrected chi connectivity index (χ2v) is 7.02. The molecule has 1 fully saturated rings. The van der Waals surface area contributed by atoms with Gasteiger partial charge in [0.05, 0.1) is 19.1 Å². The van der Waals surface area contributed by atoms with Crippen LogP contribution in [0.1, 0.15) is 27.7 Å². The first-order valence-corrected chi connectivity index (χ1v) is 8.85. The van der Waals surface area contributed by atoms with E-state index in [1.165, 1.54) is 30.3 Å². The Morgan fingerprint density at radius 2 is 1.77 bits per heavy atom. The van der Waals surface area contributed by atoms with Crippen molar-refractivity contribution in [3.05, 3.63) is 35.4 Å². The fourth-order valence-corrected chi connectivity index (χ4v) is 3.07. The van der Waals surface area contributed by atoms with Crippen molar-refractivity contribution in [1.29, 1.82) is 0 Å². The van der Waals surface area contributed by atoms with Crippen molar-refractivity contribution < 1.29 is 27.8 Å². The Morgan fingerprint density at radius 1 is 1.19 bits per heavy atom. The number of esters is 1. The van der Waals surface area contributed by atoms with Crippen LogP contribution in [0.25, 0.3) is 0 Å². The maximum Gasteiger partial charge on any atom is 0.437 e. The fraction of sp³-hybridized carbons (Fsp3) is 0.526. The van der Waals surface area contributed by atoms with Crippen molar-refractivity contribution in [3.8, 4) is 11.5 Å². The van der Waals surface area contributed by atoms with Gasteiger partial charge in [0, 0.05) is 0 Å². The summed E-state index contributed by atoms with van der Waals surface area (Å²) in [6.45, 7) is 7.86. The Bertz CT molecular complexity index is 671. The summed E-state index contributed by atoms with van der Waals surface area (Å²) in [6, 6.07) is 5.83. The summed E-state index contributed by atoms with van der Waals surface area (Å²) in [6.07, 6.45) is -2.51. The number of carbonyl (C=O) groups is 1. The van der Waals surface area contributed by atoms with Gasteiger partial charge < -0.3 is 14.2 Å². The molecule has 144 valence electrons. The predicted octanol–water partition coefficient (Wildman–Crippen LogP) is 5.01. The molecule has 4 nitrogen and oxygen atoms in total. The van der Waals surface area contributed by atoms with Gasteiger partial charge in [-0.05, 0) is 49.4 Å². The third kappa shape index (κ3) is 4.47. The maximum absolute atomic E-state index is 14.3. The minimum Gasteiger partial charge on any atom is -0.494 e. The minimum absolute atomic E-state index is 0.0398. The lowest BCUT2D eigenvalue weighted by Gasteiger charge is -2.17. The van der Waals surface area contributed by atoms with Crippen molar-refractivity contribution in [2.24, 2.45) is 17.3 Å². The molecule has 1 aliphatic rings. The Kier molecular flexibility index (Phi) is 6.17. The topological polar surface area (TPSA) is 44.8 Å². The lowest BCUT2D eigenvalue weighted by Crippen LogP contribution is -2.25. The lowest BCUT2D eigenvalue weighted by atomic mass is 10.1. The van der Waals surface area contributed by atoms with Crippen LogP contribution in [0.3, 0.4) is 0 Å². The normalized spacial score (nSPS) is 21.9. The molecule has 0 amide bonds. The summed E-state index contributed by atoms with van der Waals surface area (Å²) in [4.78, 5) is 11.9. The van der Waals surface area contributed by atoms with Gasteiger partial charge in [-0.3, -0.25) is 4.79 Å². The summed E-state index contributed by atoms with van der Waals surface area (Å²) in [5, 5.41) is -0.753. The summed E-state index contributed by atoms with van der Waals surface area (Å²) >= 11 is 5.82. The third-order valence-electron chi connectivity index (χ3n) is 4.44. The summed E-state index contributed by atoms with van der Waals surface area (Å²) in [5.74, 6) is -0.802. The molecule has 2 atom stereocenters. The monoisotopic (exact) mass is 388 g/mol. The van der Waals surface area contributed by atoms with E-state index in [1.54, 1.807) is 6.92 Å². The van der Waals surface area contributed by atoms with Gasteiger partial charge in [-0.2, -0.15) is 8.78 Å². The first kappa shape index (κ1) is 20.5. The molecule has 0 unspecified atom stereocenters. The quantitative estimate of drug-likeness (QED) is 0.587. The van der Waals surface area contributed by atoms with Crippen molar-refractivity contribution in [2.75, 3.05) is 13.2 Å². The van der Waals surface area contributed by atoms with Crippen molar-refractivity contribution >= 4 is 17.6 Å². The van der Waals surface area contributed by atoms with Crippen LogP contribution in [-0.4, -0.2) is 25.3 Å². The molecule has 0 N–H and O–H groups in total. The number of halogens is 3. The van der Waals surface area contributed by atoms with E-state index >= 15 is 0 Å². The van der Waals surface area contributed by atoms with Crippen LogP contribution in [0, 0.1) is 17.3 Å². The standard InChI is InChI=1S/C19H23ClF2O4/c1-5-24-12-7-9-13(10-8-12)26-19(21,22)15(20)11-14-16(18(14,3)4)17(23)25-6-2/h7-11,14,16H,5-6H2,1-4H3/t14-,16-/m0/s1. The molecule has 0 aliphatic heterocycles. The van der Waals surface area contributed by atoms with Crippen LogP contribution < -0.4 is 9.47 Å². The Balaban J connectivity index is 2.08. The van der Waals surface area contributed by atoms with E-state index in [4.69, 9.17) is 25.8 Å². The number of carbonyl (C=O) groups excluding carboxylic acids is 1. The van der Waals surface area contributed by atoms with Crippen LogP contribution in [0.2, 0.25) is 0 Å². The van der Waals surface area contributed by atoms with Crippen LogP contribution >= 0.6 is 11.6 Å². The first-order chi connectivity index (χ1) is 12.1. The zero-order chi connectivity index (χ0) is 19.5. The lowest BCUT2D eigenvalue weighted by molar-refractivity contribution is -0.145. The van der Waals surface area contributed by atoms with Crippen LogP contribution in [-0.2, 0) is 9.53 Å². The molecule has 1 aromatic rings. The molecule has 0 bridgehead atoms. The number of alkyl halides is 2. The fourth-order valence-electron chi connectivity index (χ4n) is 2.89. The molecule has 1 aliphatic carbocycles. The SMILES string of the molecule is CCOC(=O)[C@@H]1[C@H](C=C(Cl)C(F)(F)Oc2ccc(OCC)cc2)C1(C)C. The number of benzene rings is 1. The molecule has 0 aromatic heterocycles.